The molecule has 0 unspecified atom stereocenters. The van der Waals surface area contributed by atoms with Crippen LogP contribution < -0.4 is 4.74 Å². The van der Waals surface area contributed by atoms with E-state index in [0.29, 0.717) is 16.5 Å². The molecule has 31 heavy (non-hydrogen) atoms. The number of amides is 1. The highest BCUT2D eigenvalue weighted by Crippen LogP contribution is 2.33. The number of thioether (sulfide) groups is 1. The van der Waals surface area contributed by atoms with Gasteiger partial charge in [-0.25, -0.2) is 0 Å². The van der Waals surface area contributed by atoms with Crippen LogP contribution in [0, 0.1) is 0 Å². The average Bonchev–Trinajstić information content (AvgIpc) is 3.00. The van der Waals surface area contributed by atoms with E-state index in [-0.39, 0.29) is 10.2 Å². The molecular formula is C23H16ClNO4S2. The predicted octanol–water partition coefficient (Wildman–Crippen LogP) is 5.36. The maximum absolute atomic E-state index is 12.4. The fourth-order valence-corrected chi connectivity index (χ4v) is 4.47. The lowest BCUT2D eigenvalue weighted by atomic mass is 10.1. The summed E-state index contributed by atoms with van der Waals surface area (Å²) in [5.41, 5.74) is 1.86. The third-order valence-electron chi connectivity index (χ3n) is 4.62. The first-order valence-electron chi connectivity index (χ1n) is 9.27. The SMILES string of the molecule is O=C(O)CN1C(=O)/C(=C/c2ccc3cc(OCc4ccc(Cl)cc4)ccc3c2)SC1=S. The van der Waals surface area contributed by atoms with Crippen LogP contribution in [0.15, 0.2) is 65.6 Å². The van der Waals surface area contributed by atoms with Crippen LogP contribution in [0.2, 0.25) is 5.02 Å². The van der Waals surface area contributed by atoms with Gasteiger partial charge in [-0.3, -0.25) is 14.5 Å². The van der Waals surface area contributed by atoms with E-state index in [0.717, 1.165) is 44.3 Å². The Hall–Kier alpha value is -2.87. The predicted molar refractivity (Wildman–Crippen MR) is 127 cm³/mol. The van der Waals surface area contributed by atoms with Crippen LogP contribution in [0.4, 0.5) is 0 Å². The Balaban J connectivity index is 1.50. The van der Waals surface area contributed by atoms with Gasteiger partial charge in [0, 0.05) is 5.02 Å². The van der Waals surface area contributed by atoms with Crippen molar-refractivity contribution < 1.29 is 19.4 Å². The summed E-state index contributed by atoms with van der Waals surface area (Å²) in [4.78, 5) is 24.9. The summed E-state index contributed by atoms with van der Waals surface area (Å²) in [6.45, 7) is 0.0114. The van der Waals surface area contributed by atoms with Gasteiger partial charge in [-0.2, -0.15) is 0 Å². The fourth-order valence-electron chi connectivity index (χ4n) is 3.09. The summed E-state index contributed by atoms with van der Waals surface area (Å²) < 4.78 is 6.13. The Morgan fingerprint density at radius 2 is 1.81 bits per heavy atom. The number of thiocarbonyl (C=S) groups is 1. The van der Waals surface area contributed by atoms with E-state index in [2.05, 4.69) is 0 Å². The Kier molecular flexibility index (Phi) is 6.27. The summed E-state index contributed by atoms with van der Waals surface area (Å²) in [6.07, 6.45) is 1.73. The maximum atomic E-state index is 12.4. The molecule has 1 amide bonds. The Bertz CT molecular complexity index is 1220. The third-order valence-corrected chi connectivity index (χ3v) is 6.25. The molecule has 0 bridgehead atoms. The summed E-state index contributed by atoms with van der Waals surface area (Å²) in [5.74, 6) is -0.731. The lowest BCUT2D eigenvalue weighted by molar-refractivity contribution is -0.140. The van der Waals surface area contributed by atoms with Gasteiger partial charge in [0.2, 0.25) is 0 Å². The molecular weight excluding hydrogens is 454 g/mol. The van der Waals surface area contributed by atoms with Crippen molar-refractivity contribution in [3.8, 4) is 5.75 Å². The van der Waals surface area contributed by atoms with E-state index >= 15 is 0 Å². The number of halogens is 1. The molecule has 1 heterocycles. The first-order valence-corrected chi connectivity index (χ1v) is 10.9. The van der Waals surface area contributed by atoms with Crippen molar-refractivity contribution in [3.63, 3.8) is 0 Å². The molecule has 0 atom stereocenters. The molecule has 8 heteroatoms. The van der Waals surface area contributed by atoms with Crippen LogP contribution in [-0.4, -0.2) is 32.7 Å². The third kappa shape index (κ3) is 5.07. The van der Waals surface area contributed by atoms with Crippen molar-refractivity contribution in [1.82, 2.24) is 4.90 Å². The zero-order valence-corrected chi connectivity index (χ0v) is 18.5. The van der Waals surface area contributed by atoms with E-state index in [1.807, 2.05) is 60.7 Å². The molecule has 1 fully saturated rings. The molecule has 0 aromatic heterocycles. The molecule has 3 aromatic carbocycles. The number of carbonyl (C=O) groups is 2. The standard InChI is InChI=1S/C23H16ClNO4S2/c24-18-6-2-14(3-7-18)13-29-19-8-5-16-9-15(1-4-17(16)11-19)10-20-22(28)25(12-21(26)27)23(30)31-20/h1-11H,12-13H2,(H,26,27)/b20-10-. The van der Waals surface area contributed by atoms with E-state index in [1.165, 1.54) is 0 Å². The minimum absolute atomic E-state index is 0.252. The molecule has 156 valence electrons. The van der Waals surface area contributed by atoms with E-state index in [9.17, 15) is 9.59 Å². The van der Waals surface area contributed by atoms with Crippen LogP contribution in [0.1, 0.15) is 11.1 Å². The summed E-state index contributed by atoms with van der Waals surface area (Å²) >= 11 is 12.1. The molecule has 1 aliphatic heterocycles. The Morgan fingerprint density at radius 1 is 1.10 bits per heavy atom. The van der Waals surface area contributed by atoms with Gasteiger partial charge in [0.25, 0.3) is 5.91 Å². The molecule has 5 nitrogen and oxygen atoms in total. The van der Waals surface area contributed by atoms with Crippen LogP contribution in [-0.2, 0) is 16.2 Å². The number of ether oxygens (including phenoxy) is 1. The second-order valence-corrected chi connectivity index (χ2v) is 8.96. The van der Waals surface area contributed by atoms with E-state index < -0.39 is 12.5 Å². The monoisotopic (exact) mass is 469 g/mol. The van der Waals surface area contributed by atoms with Gasteiger partial charge in [-0.05, 0) is 58.3 Å². The molecule has 0 saturated carbocycles. The van der Waals surface area contributed by atoms with Crippen molar-refractivity contribution in [3.05, 3.63) is 81.7 Å². The van der Waals surface area contributed by atoms with Gasteiger partial charge >= 0.3 is 5.97 Å². The number of carbonyl (C=O) groups excluding carboxylic acids is 1. The van der Waals surface area contributed by atoms with Crippen LogP contribution in [0.3, 0.4) is 0 Å². The second-order valence-electron chi connectivity index (χ2n) is 6.85. The second kappa shape index (κ2) is 9.09. The lowest BCUT2D eigenvalue weighted by Gasteiger charge is -2.10. The number of carboxylic acids is 1. The van der Waals surface area contributed by atoms with Crippen LogP contribution >= 0.6 is 35.6 Å². The summed E-state index contributed by atoms with van der Waals surface area (Å²) in [5, 5.41) is 11.6. The molecule has 1 N–H and O–H groups in total. The Morgan fingerprint density at radius 3 is 2.55 bits per heavy atom. The van der Waals surface area contributed by atoms with Crippen LogP contribution in [0.25, 0.3) is 16.8 Å². The number of aliphatic carboxylic acids is 1. The van der Waals surface area contributed by atoms with Gasteiger partial charge in [0.05, 0.1) is 4.91 Å². The van der Waals surface area contributed by atoms with E-state index in [1.54, 1.807) is 6.08 Å². The summed E-state index contributed by atoms with van der Waals surface area (Å²) in [7, 11) is 0. The van der Waals surface area contributed by atoms with Crippen molar-refractivity contribution >= 4 is 68.6 Å². The van der Waals surface area contributed by atoms with Crippen LogP contribution in [0.5, 0.6) is 5.75 Å². The average molecular weight is 470 g/mol. The smallest absolute Gasteiger partial charge is 0.323 e. The first kappa shape index (κ1) is 21.4. The number of rotatable bonds is 6. The first-order chi connectivity index (χ1) is 14.9. The Labute approximate surface area is 193 Å². The lowest BCUT2D eigenvalue weighted by Crippen LogP contribution is -2.33. The van der Waals surface area contributed by atoms with Crippen molar-refractivity contribution in [2.45, 2.75) is 6.61 Å². The molecule has 1 aliphatic rings. The number of carboxylic acid groups (broad SMARTS) is 1. The van der Waals surface area contributed by atoms with Gasteiger partial charge in [-0.1, -0.05) is 65.9 Å². The normalized spacial score (nSPS) is 15.1. The molecule has 1 saturated heterocycles. The van der Waals surface area contributed by atoms with Crippen molar-refractivity contribution in [2.24, 2.45) is 0 Å². The summed E-state index contributed by atoms with van der Waals surface area (Å²) in [6, 6.07) is 19.1. The fraction of sp³-hybridized carbons (Fsp3) is 0.0870. The van der Waals surface area contributed by atoms with Crippen molar-refractivity contribution in [1.29, 1.82) is 0 Å². The van der Waals surface area contributed by atoms with Gasteiger partial charge in [-0.15, -0.1) is 0 Å². The zero-order chi connectivity index (χ0) is 22.0. The number of nitrogens with zero attached hydrogens (tertiary/aromatic N) is 1. The molecule has 3 aromatic rings. The maximum Gasteiger partial charge on any atom is 0.323 e. The highest BCUT2D eigenvalue weighted by Gasteiger charge is 2.33. The molecule has 4 rings (SSSR count). The topological polar surface area (TPSA) is 66.8 Å². The minimum atomic E-state index is -1.10. The van der Waals surface area contributed by atoms with Gasteiger partial charge in [0.15, 0.2) is 0 Å². The number of benzene rings is 3. The molecule has 0 spiro atoms. The number of fused-ring (bicyclic) bond motifs is 1. The number of hydrogen-bond acceptors (Lipinski definition) is 5. The minimum Gasteiger partial charge on any atom is -0.489 e. The highest BCUT2D eigenvalue weighted by atomic mass is 35.5. The van der Waals surface area contributed by atoms with E-state index in [4.69, 9.17) is 33.7 Å². The van der Waals surface area contributed by atoms with Gasteiger partial charge < -0.3 is 9.84 Å². The zero-order valence-electron chi connectivity index (χ0n) is 16.1. The molecule has 0 aliphatic carbocycles. The largest absolute Gasteiger partial charge is 0.489 e. The quantitative estimate of drug-likeness (QED) is 0.387. The van der Waals surface area contributed by atoms with Crippen molar-refractivity contribution in [2.75, 3.05) is 6.54 Å². The highest BCUT2D eigenvalue weighted by molar-refractivity contribution is 8.26. The van der Waals surface area contributed by atoms with Gasteiger partial charge in [0.1, 0.15) is 23.2 Å². The molecule has 0 radical (unpaired) electrons. The number of hydrogen-bond donors (Lipinski definition) is 1.